The van der Waals surface area contributed by atoms with Crippen LogP contribution in [0.15, 0.2) is 24.3 Å². The van der Waals surface area contributed by atoms with Crippen molar-refractivity contribution in [2.24, 2.45) is 5.73 Å². The largest absolute Gasteiger partial charge is 0.472 e. The Morgan fingerprint density at radius 3 is 1.31 bits per heavy atom. The average molecular weight is 786 g/mol. The highest BCUT2D eigenvalue weighted by Crippen LogP contribution is 2.43. The SMILES string of the molecule is CCCCCCC/C=C/CCCCCCCC(=O)OC[C@H](COP(=O)(O)OCCN)OC(=O)CCCCCCCCCCC/C=C/CCCCCCCC. The summed E-state index contributed by atoms with van der Waals surface area (Å²) < 4.78 is 32.8. The summed E-state index contributed by atoms with van der Waals surface area (Å²) in [5.41, 5.74) is 5.35. The Morgan fingerprint density at radius 1 is 0.537 bits per heavy atom. The molecule has 54 heavy (non-hydrogen) atoms. The molecule has 10 heteroatoms. The van der Waals surface area contributed by atoms with Crippen molar-refractivity contribution in [1.82, 2.24) is 0 Å². The first-order chi connectivity index (χ1) is 26.3. The molecule has 1 unspecified atom stereocenters. The van der Waals surface area contributed by atoms with E-state index in [0.717, 1.165) is 57.8 Å². The van der Waals surface area contributed by atoms with E-state index in [4.69, 9.17) is 24.3 Å². The Hall–Kier alpha value is -1.51. The van der Waals surface area contributed by atoms with Crippen LogP contribution in [0.3, 0.4) is 0 Å². The molecule has 0 radical (unpaired) electrons. The van der Waals surface area contributed by atoms with Gasteiger partial charge in [-0.3, -0.25) is 18.6 Å². The van der Waals surface area contributed by atoms with E-state index in [0.29, 0.717) is 6.42 Å². The van der Waals surface area contributed by atoms with Gasteiger partial charge in [-0.1, -0.05) is 160 Å². The smallest absolute Gasteiger partial charge is 0.462 e. The van der Waals surface area contributed by atoms with E-state index in [1.54, 1.807) is 0 Å². The number of hydrogen-bond acceptors (Lipinski definition) is 8. The van der Waals surface area contributed by atoms with Crippen LogP contribution < -0.4 is 5.73 Å². The first kappa shape index (κ1) is 52.5. The lowest BCUT2D eigenvalue weighted by molar-refractivity contribution is -0.161. The summed E-state index contributed by atoms with van der Waals surface area (Å²) in [5, 5.41) is 0. The zero-order chi connectivity index (χ0) is 39.6. The zero-order valence-corrected chi connectivity index (χ0v) is 35.9. The number of allylic oxidation sites excluding steroid dienone is 4. The van der Waals surface area contributed by atoms with Gasteiger partial charge in [0.15, 0.2) is 6.10 Å². The molecule has 0 saturated heterocycles. The standard InChI is InChI=1S/C44H84NO8P/c1-3-5-7-9-11-13-15-17-19-20-21-22-23-25-27-29-31-33-35-37-44(47)53-42(41-52-54(48,49)51-39-38-45)40-50-43(46)36-34-32-30-28-26-24-18-16-14-12-10-8-6-4-2/h16-19,42H,3-15,20-41,45H2,1-2H3,(H,48,49)/b18-16+,19-17+/t42-/m1/s1. The molecule has 0 aliphatic heterocycles. The number of esters is 2. The lowest BCUT2D eigenvalue weighted by Gasteiger charge is -2.19. The highest BCUT2D eigenvalue weighted by molar-refractivity contribution is 7.47. The Bertz CT molecular complexity index is 944. The number of carbonyl (C=O) groups is 2. The van der Waals surface area contributed by atoms with Crippen molar-refractivity contribution in [2.75, 3.05) is 26.4 Å². The summed E-state index contributed by atoms with van der Waals surface area (Å²) in [5.74, 6) is -0.835. The molecule has 0 saturated carbocycles. The van der Waals surface area contributed by atoms with Gasteiger partial charge in [-0.05, 0) is 64.2 Å². The minimum atomic E-state index is -4.38. The second-order valence-corrected chi connectivity index (χ2v) is 16.4. The fraction of sp³-hybridized carbons (Fsp3) is 0.864. The number of phosphoric acid groups is 1. The van der Waals surface area contributed by atoms with E-state index in [1.165, 1.54) is 122 Å². The first-order valence-corrected chi connectivity index (χ1v) is 23.8. The predicted molar refractivity (Wildman–Crippen MR) is 224 cm³/mol. The highest BCUT2D eigenvalue weighted by Gasteiger charge is 2.26. The lowest BCUT2D eigenvalue weighted by atomic mass is 10.1. The van der Waals surface area contributed by atoms with Crippen LogP contribution in [0.5, 0.6) is 0 Å². The molecule has 0 fully saturated rings. The van der Waals surface area contributed by atoms with E-state index < -0.39 is 26.5 Å². The summed E-state index contributed by atoms with van der Waals surface area (Å²) in [6.45, 7) is 3.72. The summed E-state index contributed by atoms with van der Waals surface area (Å²) in [7, 11) is -4.38. The monoisotopic (exact) mass is 786 g/mol. The normalized spacial score (nSPS) is 13.5. The Balaban J connectivity index is 4.12. The van der Waals surface area contributed by atoms with Gasteiger partial charge >= 0.3 is 19.8 Å². The molecular formula is C44H84NO8P. The average Bonchev–Trinajstić information content (AvgIpc) is 3.16. The van der Waals surface area contributed by atoms with Crippen LogP contribution in [0.4, 0.5) is 0 Å². The molecule has 0 bridgehead atoms. The molecule has 0 aliphatic carbocycles. The van der Waals surface area contributed by atoms with Crippen LogP contribution in [-0.4, -0.2) is 49.3 Å². The molecule has 0 spiro atoms. The zero-order valence-electron chi connectivity index (χ0n) is 35.0. The molecule has 0 heterocycles. The first-order valence-electron chi connectivity index (χ1n) is 22.3. The van der Waals surface area contributed by atoms with E-state index >= 15 is 0 Å². The molecule has 0 amide bonds. The molecule has 0 aliphatic rings. The van der Waals surface area contributed by atoms with Crippen LogP contribution >= 0.6 is 7.82 Å². The number of carbonyl (C=O) groups excluding carboxylic acids is 2. The van der Waals surface area contributed by atoms with E-state index in [9.17, 15) is 19.0 Å². The molecular weight excluding hydrogens is 701 g/mol. The van der Waals surface area contributed by atoms with Crippen LogP contribution in [0.1, 0.15) is 213 Å². The number of nitrogens with two attached hydrogens (primary N) is 1. The van der Waals surface area contributed by atoms with E-state index in [1.807, 2.05) is 0 Å². The molecule has 0 aromatic carbocycles. The summed E-state index contributed by atoms with van der Waals surface area (Å²) >= 11 is 0. The van der Waals surface area contributed by atoms with E-state index in [2.05, 4.69) is 38.2 Å². The number of ether oxygens (including phenoxy) is 2. The molecule has 0 aromatic heterocycles. The third-order valence-electron chi connectivity index (χ3n) is 9.56. The van der Waals surface area contributed by atoms with Crippen LogP contribution in [-0.2, 0) is 32.7 Å². The third kappa shape index (κ3) is 40.2. The van der Waals surface area contributed by atoms with Crippen molar-refractivity contribution in [3.63, 3.8) is 0 Å². The topological polar surface area (TPSA) is 134 Å². The maximum atomic E-state index is 12.6. The fourth-order valence-electron chi connectivity index (χ4n) is 6.21. The minimum Gasteiger partial charge on any atom is -0.462 e. The van der Waals surface area contributed by atoms with Gasteiger partial charge in [0.25, 0.3) is 0 Å². The van der Waals surface area contributed by atoms with Gasteiger partial charge < -0.3 is 20.1 Å². The maximum Gasteiger partial charge on any atom is 0.472 e. The van der Waals surface area contributed by atoms with Gasteiger partial charge in [-0.2, -0.15) is 0 Å². The Labute approximate surface area is 332 Å². The molecule has 0 rings (SSSR count). The molecule has 3 N–H and O–H groups in total. The fourth-order valence-corrected chi connectivity index (χ4v) is 6.98. The van der Waals surface area contributed by atoms with Crippen molar-refractivity contribution >= 4 is 19.8 Å². The van der Waals surface area contributed by atoms with Crippen molar-refractivity contribution in [3.05, 3.63) is 24.3 Å². The molecule has 9 nitrogen and oxygen atoms in total. The Morgan fingerprint density at radius 2 is 0.907 bits per heavy atom. The number of phosphoric ester groups is 1. The van der Waals surface area contributed by atoms with Gasteiger partial charge in [-0.25, -0.2) is 4.57 Å². The summed E-state index contributed by atoms with van der Waals surface area (Å²) in [4.78, 5) is 34.9. The minimum absolute atomic E-state index is 0.0531. The number of rotatable bonds is 42. The van der Waals surface area contributed by atoms with Gasteiger partial charge in [-0.15, -0.1) is 0 Å². The summed E-state index contributed by atoms with van der Waals surface area (Å²) in [6, 6.07) is 0. The van der Waals surface area contributed by atoms with Gasteiger partial charge in [0, 0.05) is 19.4 Å². The van der Waals surface area contributed by atoms with Crippen molar-refractivity contribution in [1.29, 1.82) is 0 Å². The quantitative estimate of drug-likeness (QED) is 0.0268. The number of unbranched alkanes of at least 4 members (excludes halogenated alkanes) is 25. The Kier molecular flexibility index (Phi) is 40.0. The van der Waals surface area contributed by atoms with E-state index in [-0.39, 0.29) is 38.6 Å². The third-order valence-corrected chi connectivity index (χ3v) is 10.5. The van der Waals surface area contributed by atoms with Crippen molar-refractivity contribution in [3.8, 4) is 0 Å². The van der Waals surface area contributed by atoms with Gasteiger partial charge in [0.2, 0.25) is 0 Å². The molecule has 318 valence electrons. The van der Waals surface area contributed by atoms with Crippen LogP contribution in [0.25, 0.3) is 0 Å². The second kappa shape index (κ2) is 41.1. The lowest BCUT2D eigenvalue weighted by Crippen LogP contribution is -2.29. The summed E-state index contributed by atoms with van der Waals surface area (Å²) in [6.07, 6.45) is 43.5. The second-order valence-electron chi connectivity index (χ2n) is 14.9. The van der Waals surface area contributed by atoms with Crippen molar-refractivity contribution < 1.29 is 37.6 Å². The van der Waals surface area contributed by atoms with Crippen LogP contribution in [0.2, 0.25) is 0 Å². The number of hydrogen-bond donors (Lipinski definition) is 2. The van der Waals surface area contributed by atoms with Gasteiger partial charge in [0.05, 0.1) is 13.2 Å². The predicted octanol–water partition coefficient (Wildman–Crippen LogP) is 12.8. The van der Waals surface area contributed by atoms with Crippen LogP contribution in [0, 0.1) is 0 Å². The van der Waals surface area contributed by atoms with Gasteiger partial charge in [0.1, 0.15) is 6.61 Å². The molecule has 2 atom stereocenters. The molecule has 0 aromatic rings. The maximum absolute atomic E-state index is 12.6. The highest BCUT2D eigenvalue weighted by atomic mass is 31.2. The van der Waals surface area contributed by atoms with Crippen molar-refractivity contribution in [2.45, 2.75) is 219 Å².